The lowest BCUT2D eigenvalue weighted by molar-refractivity contribution is -0.0334. The first-order chi connectivity index (χ1) is 11.5. The Labute approximate surface area is 164 Å². The minimum absolute atomic E-state index is 0.306. The van der Waals surface area contributed by atoms with E-state index in [4.69, 9.17) is 11.5 Å². The first-order valence-electron chi connectivity index (χ1n) is 11.0. The minimum atomic E-state index is 0.306. The summed E-state index contributed by atoms with van der Waals surface area (Å²) in [6.07, 6.45) is 8.71. The van der Waals surface area contributed by atoms with Gasteiger partial charge in [0.25, 0.3) is 0 Å². The second-order valence-electron chi connectivity index (χ2n) is 13.1. The number of rotatable bonds is 3. The van der Waals surface area contributed by atoms with Crippen LogP contribution in [0.25, 0.3) is 0 Å². The third-order valence-corrected chi connectivity index (χ3v) is 8.91. The maximum Gasteiger partial charge on any atom is 0.00748 e. The van der Waals surface area contributed by atoms with E-state index in [0.29, 0.717) is 45.1 Å². The zero-order valence-corrected chi connectivity index (χ0v) is 19.3. The van der Waals surface area contributed by atoms with Crippen LogP contribution in [0.2, 0.25) is 0 Å². The van der Waals surface area contributed by atoms with Gasteiger partial charge in [-0.3, -0.25) is 0 Å². The van der Waals surface area contributed by atoms with Crippen LogP contribution in [0.4, 0.5) is 0 Å². The van der Waals surface area contributed by atoms with E-state index in [-0.39, 0.29) is 0 Å². The molecule has 2 nitrogen and oxygen atoms in total. The molecule has 0 aliphatic heterocycles. The topological polar surface area (TPSA) is 52.0 Å². The molecule has 0 heterocycles. The highest BCUT2D eigenvalue weighted by Crippen LogP contribution is 2.58. The fraction of sp³-hybridized carbons (Fsp3) is 1.00. The third-order valence-electron chi connectivity index (χ3n) is 8.91. The van der Waals surface area contributed by atoms with Crippen molar-refractivity contribution in [1.29, 1.82) is 0 Å². The van der Waals surface area contributed by atoms with E-state index in [1.54, 1.807) is 0 Å². The Morgan fingerprint density at radius 2 is 1.31 bits per heavy atom. The van der Waals surface area contributed by atoms with Gasteiger partial charge in [-0.2, -0.15) is 0 Å². The number of hydrogen-bond donors (Lipinski definition) is 2. The smallest absolute Gasteiger partial charge is 0.00748 e. The molecular weight excluding hydrogens is 316 g/mol. The van der Waals surface area contributed by atoms with Gasteiger partial charge < -0.3 is 11.5 Å². The van der Waals surface area contributed by atoms with Crippen molar-refractivity contribution in [2.75, 3.05) is 0 Å². The van der Waals surface area contributed by atoms with Gasteiger partial charge in [-0.25, -0.2) is 0 Å². The molecule has 0 aromatic carbocycles. The number of hydrogen-bond acceptors (Lipinski definition) is 2. The molecule has 6 unspecified atom stereocenters. The van der Waals surface area contributed by atoms with Crippen LogP contribution < -0.4 is 11.5 Å². The quantitative estimate of drug-likeness (QED) is 0.633. The predicted octanol–water partition coefficient (Wildman–Crippen LogP) is 6.13. The van der Waals surface area contributed by atoms with Gasteiger partial charge in [0.1, 0.15) is 0 Å². The molecule has 2 aliphatic carbocycles. The molecule has 2 saturated carbocycles. The van der Waals surface area contributed by atoms with E-state index in [9.17, 15) is 0 Å². The molecule has 0 radical (unpaired) electrons. The molecule has 0 bridgehead atoms. The maximum absolute atomic E-state index is 6.59. The molecular formula is C24H48N2. The lowest BCUT2D eigenvalue weighted by Crippen LogP contribution is -2.50. The summed E-state index contributed by atoms with van der Waals surface area (Å²) in [7, 11) is 0. The Hall–Kier alpha value is -0.0800. The molecule has 0 saturated heterocycles. The molecule has 0 spiro atoms. The molecule has 2 aliphatic rings. The molecule has 154 valence electrons. The fourth-order valence-electron chi connectivity index (χ4n) is 6.58. The zero-order chi connectivity index (χ0) is 20.2. The summed E-state index contributed by atoms with van der Waals surface area (Å²) in [5.41, 5.74) is 14.9. The van der Waals surface area contributed by atoms with E-state index in [2.05, 4.69) is 62.3 Å². The standard InChI is InChI=1S/C24H48N2/c1-17-19(26)14-23(8,15-21(17,5)6)11-10-22(7)12-18(25)13-24(9,16-22)20(2,3)4/h17-19H,10-16,25-26H2,1-9H3. The van der Waals surface area contributed by atoms with E-state index in [1.807, 2.05) is 0 Å². The van der Waals surface area contributed by atoms with E-state index in [1.165, 1.54) is 44.9 Å². The van der Waals surface area contributed by atoms with Crippen molar-refractivity contribution >= 4 is 0 Å². The van der Waals surface area contributed by atoms with Crippen molar-refractivity contribution in [3.63, 3.8) is 0 Å². The molecule has 6 atom stereocenters. The Balaban J connectivity index is 2.12. The van der Waals surface area contributed by atoms with Crippen LogP contribution in [0.3, 0.4) is 0 Å². The predicted molar refractivity (Wildman–Crippen MR) is 115 cm³/mol. The van der Waals surface area contributed by atoms with E-state index >= 15 is 0 Å². The van der Waals surface area contributed by atoms with Crippen LogP contribution in [0.1, 0.15) is 107 Å². The summed E-state index contributed by atoms with van der Waals surface area (Å²) in [5.74, 6) is 0.610. The highest BCUT2D eigenvalue weighted by atomic mass is 14.7. The summed E-state index contributed by atoms with van der Waals surface area (Å²) in [6, 6.07) is 0.681. The lowest BCUT2D eigenvalue weighted by Gasteiger charge is -2.55. The van der Waals surface area contributed by atoms with Crippen LogP contribution in [-0.2, 0) is 0 Å². The molecule has 0 amide bonds. The molecule has 4 N–H and O–H groups in total. The SMILES string of the molecule is CC1C(N)CC(C)(CCC2(C)CC(N)CC(C)(C(C)(C)C)C2)CC1(C)C. The van der Waals surface area contributed by atoms with Crippen LogP contribution in [0.5, 0.6) is 0 Å². The van der Waals surface area contributed by atoms with Gasteiger partial charge >= 0.3 is 0 Å². The van der Waals surface area contributed by atoms with Gasteiger partial charge in [0.15, 0.2) is 0 Å². The second kappa shape index (κ2) is 6.76. The summed E-state index contributed by atoms with van der Waals surface area (Å²) in [4.78, 5) is 0. The van der Waals surface area contributed by atoms with Crippen molar-refractivity contribution in [3.05, 3.63) is 0 Å². The normalized spacial score (nSPS) is 47.0. The van der Waals surface area contributed by atoms with Gasteiger partial charge in [0.2, 0.25) is 0 Å². The van der Waals surface area contributed by atoms with Gasteiger partial charge in [0.05, 0.1) is 0 Å². The zero-order valence-electron chi connectivity index (χ0n) is 19.3. The molecule has 26 heavy (non-hydrogen) atoms. The average Bonchev–Trinajstić information content (AvgIpc) is 2.40. The van der Waals surface area contributed by atoms with Crippen molar-refractivity contribution in [2.45, 2.75) is 119 Å². The first kappa shape index (κ1) is 22.2. The van der Waals surface area contributed by atoms with Crippen LogP contribution in [-0.4, -0.2) is 12.1 Å². The summed E-state index contributed by atoms with van der Waals surface area (Å²) < 4.78 is 0. The molecule has 0 aromatic rings. The van der Waals surface area contributed by atoms with Gasteiger partial charge in [0, 0.05) is 12.1 Å². The molecule has 2 fully saturated rings. The Morgan fingerprint density at radius 3 is 1.77 bits per heavy atom. The van der Waals surface area contributed by atoms with Gasteiger partial charge in [-0.15, -0.1) is 0 Å². The van der Waals surface area contributed by atoms with Crippen molar-refractivity contribution in [2.24, 2.45) is 44.5 Å². The van der Waals surface area contributed by atoms with Crippen LogP contribution in [0.15, 0.2) is 0 Å². The Kier molecular flexibility index (Phi) is 5.78. The van der Waals surface area contributed by atoms with Crippen LogP contribution in [0, 0.1) is 33.0 Å². The molecule has 2 heteroatoms. The van der Waals surface area contributed by atoms with Crippen molar-refractivity contribution < 1.29 is 0 Å². The van der Waals surface area contributed by atoms with E-state index in [0.717, 1.165) is 0 Å². The van der Waals surface area contributed by atoms with Crippen molar-refractivity contribution in [1.82, 2.24) is 0 Å². The monoisotopic (exact) mass is 364 g/mol. The Morgan fingerprint density at radius 1 is 0.808 bits per heavy atom. The summed E-state index contributed by atoms with van der Waals surface area (Å²) >= 11 is 0. The minimum Gasteiger partial charge on any atom is -0.328 e. The average molecular weight is 365 g/mol. The summed E-state index contributed by atoms with van der Waals surface area (Å²) in [5, 5.41) is 0. The fourth-order valence-corrected chi connectivity index (χ4v) is 6.58. The van der Waals surface area contributed by atoms with Gasteiger partial charge in [-0.05, 0) is 77.9 Å². The Bertz CT molecular complexity index is 505. The highest BCUT2D eigenvalue weighted by molar-refractivity contribution is 5.02. The second-order valence-corrected chi connectivity index (χ2v) is 13.1. The van der Waals surface area contributed by atoms with E-state index < -0.39 is 0 Å². The molecule has 2 rings (SSSR count). The maximum atomic E-state index is 6.59. The lowest BCUT2D eigenvalue weighted by atomic mass is 9.51. The van der Waals surface area contributed by atoms with Crippen molar-refractivity contribution in [3.8, 4) is 0 Å². The largest absolute Gasteiger partial charge is 0.328 e. The number of nitrogens with two attached hydrogens (primary N) is 2. The van der Waals surface area contributed by atoms with Crippen LogP contribution >= 0.6 is 0 Å². The molecule has 0 aromatic heterocycles. The third kappa shape index (κ3) is 4.49. The van der Waals surface area contributed by atoms with Gasteiger partial charge in [-0.1, -0.05) is 62.3 Å². The first-order valence-corrected chi connectivity index (χ1v) is 11.0. The summed E-state index contributed by atoms with van der Waals surface area (Å²) in [6.45, 7) is 21.9. The highest BCUT2D eigenvalue weighted by Gasteiger charge is 2.50.